The van der Waals surface area contributed by atoms with Crippen LogP contribution in [-0.4, -0.2) is 50.2 Å². The number of aromatic nitrogens is 1. The van der Waals surface area contributed by atoms with Crippen LogP contribution >= 0.6 is 11.3 Å². The summed E-state index contributed by atoms with van der Waals surface area (Å²) in [5, 5.41) is 2.10. The predicted molar refractivity (Wildman–Crippen MR) is 123 cm³/mol. The molecule has 4 heterocycles. The summed E-state index contributed by atoms with van der Waals surface area (Å²) >= 11 is 1.75. The van der Waals surface area contributed by atoms with Gasteiger partial charge in [0, 0.05) is 50.9 Å². The fourth-order valence-corrected chi connectivity index (χ4v) is 5.49. The largest absolute Gasteiger partial charge is 0.378 e. The van der Waals surface area contributed by atoms with Gasteiger partial charge in [-0.05, 0) is 47.5 Å². The maximum atomic E-state index is 12.7. The molecule has 1 aromatic carbocycles. The van der Waals surface area contributed by atoms with Crippen molar-refractivity contribution in [2.45, 2.75) is 19.3 Å². The smallest absolute Gasteiger partial charge is 0.137 e. The number of carbonyl (C=O) groups is 1. The van der Waals surface area contributed by atoms with Crippen molar-refractivity contribution in [2.24, 2.45) is 5.92 Å². The molecule has 2 fully saturated rings. The zero-order chi connectivity index (χ0) is 20.3. The van der Waals surface area contributed by atoms with Crippen LogP contribution in [0.5, 0.6) is 0 Å². The van der Waals surface area contributed by atoms with E-state index in [2.05, 4.69) is 56.6 Å². The molecule has 0 amide bonds. The molecule has 6 heteroatoms. The van der Waals surface area contributed by atoms with E-state index < -0.39 is 0 Å². The molecule has 1 atom stereocenters. The average Bonchev–Trinajstić information content (AvgIpc) is 3.44. The second kappa shape index (κ2) is 8.74. The van der Waals surface area contributed by atoms with Gasteiger partial charge in [0.05, 0.1) is 29.1 Å². The summed E-state index contributed by atoms with van der Waals surface area (Å²) in [5.74, 6) is 0.783. The molecule has 3 aromatic rings. The molecule has 1 unspecified atom stereocenters. The second-order valence-electron chi connectivity index (χ2n) is 8.25. The van der Waals surface area contributed by atoms with Crippen molar-refractivity contribution in [3.8, 4) is 0 Å². The lowest BCUT2D eigenvalue weighted by atomic mass is 9.97. The van der Waals surface area contributed by atoms with Crippen molar-refractivity contribution in [2.75, 3.05) is 49.2 Å². The minimum Gasteiger partial charge on any atom is -0.378 e. The summed E-state index contributed by atoms with van der Waals surface area (Å²) in [6.07, 6.45) is 4.17. The standard InChI is InChI=1S/C24H27N3O2S/c28-21(15-18-1-3-20(4-2-18)26-10-12-29-13-11-26)16-19-6-9-27(17-19)23-5-8-25-22-7-14-30-24(22)23/h1-5,7-8,14,19H,6,9-13,15-17H2. The number of hydrogen-bond donors (Lipinski definition) is 0. The predicted octanol–water partition coefficient (Wildman–Crippen LogP) is 4.16. The molecule has 0 radical (unpaired) electrons. The lowest BCUT2D eigenvalue weighted by Crippen LogP contribution is -2.36. The van der Waals surface area contributed by atoms with Crippen LogP contribution in [-0.2, 0) is 16.0 Å². The number of fused-ring (bicyclic) bond motifs is 1. The van der Waals surface area contributed by atoms with E-state index in [0.717, 1.165) is 56.9 Å². The summed E-state index contributed by atoms with van der Waals surface area (Å²) in [7, 11) is 0. The van der Waals surface area contributed by atoms with Gasteiger partial charge in [-0.1, -0.05) is 12.1 Å². The molecule has 0 saturated carbocycles. The minimum absolute atomic E-state index is 0.344. The Morgan fingerprint density at radius 2 is 1.90 bits per heavy atom. The van der Waals surface area contributed by atoms with Crippen LogP contribution in [0.15, 0.2) is 48.0 Å². The summed E-state index contributed by atoms with van der Waals surface area (Å²) < 4.78 is 6.68. The third kappa shape index (κ3) is 4.20. The third-order valence-electron chi connectivity index (χ3n) is 6.18. The van der Waals surface area contributed by atoms with Crippen LogP contribution in [0.2, 0.25) is 0 Å². The molecule has 2 saturated heterocycles. The topological polar surface area (TPSA) is 45.7 Å². The van der Waals surface area contributed by atoms with Gasteiger partial charge < -0.3 is 14.5 Å². The molecule has 5 rings (SSSR count). The molecule has 2 aromatic heterocycles. The van der Waals surface area contributed by atoms with Gasteiger partial charge in [-0.25, -0.2) is 0 Å². The number of morpholine rings is 1. The highest BCUT2D eigenvalue weighted by Crippen LogP contribution is 2.34. The van der Waals surface area contributed by atoms with Gasteiger partial charge in [0.1, 0.15) is 5.78 Å². The van der Waals surface area contributed by atoms with Crippen molar-refractivity contribution < 1.29 is 9.53 Å². The van der Waals surface area contributed by atoms with Crippen LogP contribution in [0.1, 0.15) is 18.4 Å². The molecule has 0 spiro atoms. The Bertz CT molecular complexity index is 1010. The van der Waals surface area contributed by atoms with Crippen molar-refractivity contribution in [1.82, 2.24) is 4.98 Å². The number of hydrogen-bond acceptors (Lipinski definition) is 6. The molecule has 156 valence electrons. The average molecular weight is 422 g/mol. The van der Waals surface area contributed by atoms with E-state index in [1.807, 2.05) is 6.20 Å². The van der Waals surface area contributed by atoms with Crippen molar-refractivity contribution >= 4 is 38.7 Å². The van der Waals surface area contributed by atoms with Gasteiger partial charge in [-0.3, -0.25) is 9.78 Å². The second-order valence-corrected chi connectivity index (χ2v) is 9.17. The zero-order valence-corrected chi connectivity index (χ0v) is 17.9. The Morgan fingerprint density at radius 3 is 2.73 bits per heavy atom. The van der Waals surface area contributed by atoms with E-state index in [0.29, 0.717) is 24.5 Å². The van der Waals surface area contributed by atoms with E-state index in [-0.39, 0.29) is 0 Å². The Hall–Kier alpha value is -2.44. The highest BCUT2D eigenvalue weighted by Gasteiger charge is 2.26. The van der Waals surface area contributed by atoms with E-state index >= 15 is 0 Å². The maximum Gasteiger partial charge on any atom is 0.137 e. The highest BCUT2D eigenvalue weighted by atomic mass is 32.1. The van der Waals surface area contributed by atoms with Crippen LogP contribution in [0.4, 0.5) is 11.4 Å². The lowest BCUT2D eigenvalue weighted by Gasteiger charge is -2.28. The first-order chi connectivity index (χ1) is 14.8. The number of ketones is 1. The SMILES string of the molecule is O=C(Cc1ccc(N2CCOCC2)cc1)CC1CCN(c2ccnc3ccsc23)C1. The molecule has 5 nitrogen and oxygen atoms in total. The van der Waals surface area contributed by atoms with Crippen LogP contribution in [0.3, 0.4) is 0 Å². The molecule has 2 aliphatic heterocycles. The lowest BCUT2D eigenvalue weighted by molar-refractivity contribution is -0.119. The van der Waals surface area contributed by atoms with Gasteiger partial charge >= 0.3 is 0 Å². The fraction of sp³-hybridized carbons (Fsp3) is 0.417. The molecule has 30 heavy (non-hydrogen) atoms. The fourth-order valence-electron chi connectivity index (χ4n) is 4.59. The van der Waals surface area contributed by atoms with Crippen LogP contribution < -0.4 is 9.80 Å². The number of thiophene rings is 1. The molecular formula is C24H27N3O2S. The summed E-state index contributed by atoms with van der Waals surface area (Å²) in [5.41, 5.74) is 4.67. The number of anilines is 2. The number of benzene rings is 1. The Balaban J connectivity index is 1.16. The van der Waals surface area contributed by atoms with Gasteiger partial charge in [0.2, 0.25) is 0 Å². The first kappa shape index (κ1) is 19.5. The number of rotatable bonds is 6. The summed E-state index contributed by atoms with van der Waals surface area (Å²) in [4.78, 5) is 21.9. The number of nitrogens with zero attached hydrogens (tertiary/aromatic N) is 3. The van der Waals surface area contributed by atoms with Gasteiger partial charge in [0.25, 0.3) is 0 Å². The van der Waals surface area contributed by atoms with Gasteiger partial charge in [-0.2, -0.15) is 0 Å². The number of carbonyl (C=O) groups excluding carboxylic acids is 1. The summed E-state index contributed by atoms with van der Waals surface area (Å²) in [6, 6.07) is 12.7. The van der Waals surface area contributed by atoms with Gasteiger partial charge in [-0.15, -0.1) is 11.3 Å². The molecule has 0 N–H and O–H groups in total. The van der Waals surface area contributed by atoms with Crippen LogP contribution in [0.25, 0.3) is 10.2 Å². The Labute approximate surface area is 181 Å². The summed E-state index contributed by atoms with van der Waals surface area (Å²) in [6.45, 7) is 5.42. The van der Waals surface area contributed by atoms with Gasteiger partial charge in [0.15, 0.2) is 0 Å². The number of pyridine rings is 1. The highest BCUT2D eigenvalue weighted by molar-refractivity contribution is 7.17. The number of ether oxygens (including phenoxy) is 1. The van der Waals surface area contributed by atoms with E-state index in [4.69, 9.17) is 4.74 Å². The zero-order valence-electron chi connectivity index (χ0n) is 17.1. The van der Waals surface area contributed by atoms with Crippen molar-refractivity contribution in [1.29, 1.82) is 0 Å². The number of Topliss-reactive ketones (excluding diaryl/α,β-unsaturated/α-hetero) is 1. The monoisotopic (exact) mass is 421 g/mol. The van der Waals surface area contributed by atoms with Crippen molar-refractivity contribution in [3.05, 3.63) is 53.5 Å². The van der Waals surface area contributed by atoms with E-state index in [9.17, 15) is 4.79 Å². The molecule has 2 aliphatic rings. The normalized spacial score (nSPS) is 19.5. The van der Waals surface area contributed by atoms with Crippen LogP contribution in [0, 0.1) is 5.92 Å². The first-order valence-corrected chi connectivity index (χ1v) is 11.6. The van der Waals surface area contributed by atoms with E-state index in [1.165, 1.54) is 16.1 Å². The van der Waals surface area contributed by atoms with E-state index in [1.54, 1.807) is 11.3 Å². The minimum atomic E-state index is 0.344. The molecular weight excluding hydrogens is 394 g/mol. The van der Waals surface area contributed by atoms with Crippen molar-refractivity contribution in [3.63, 3.8) is 0 Å². The Morgan fingerprint density at radius 1 is 1.07 bits per heavy atom. The molecule has 0 aliphatic carbocycles. The Kier molecular flexibility index (Phi) is 5.69. The first-order valence-electron chi connectivity index (χ1n) is 10.8. The quantitative estimate of drug-likeness (QED) is 0.598. The third-order valence-corrected chi connectivity index (χ3v) is 7.11. The maximum absolute atomic E-state index is 12.7. The molecule has 0 bridgehead atoms.